The van der Waals surface area contributed by atoms with Crippen LogP contribution in [0.4, 0.5) is 10.7 Å². The van der Waals surface area contributed by atoms with E-state index in [1.165, 1.54) is 12.8 Å². The first-order valence-corrected chi connectivity index (χ1v) is 10.1. The molecule has 27 heavy (non-hydrogen) atoms. The number of hydrogen-bond acceptors (Lipinski definition) is 6. The number of nitrogens with one attached hydrogen (secondary N) is 1. The molecule has 1 aromatic rings. The highest BCUT2D eigenvalue weighted by Gasteiger charge is 2.29. The number of rotatable bonds is 3. The van der Waals surface area contributed by atoms with E-state index in [9.17, 15) is 4.79 Å². The lowest BCUT2D eigenvalue weighted by Crippen LogP contribution is -2.52. The van der Waals surface area contributed by atoms with E-state index in [2.05, 4.69) is 27.1 Å². The maximum atomic E-state index is 12.7. The Labute approximate surface area is 160 Å². The van der Waals surface area contributed by atoms with Crippen LogP contribution >= 0.6 is 0 Å². The topological polar surface area (TPSA) is 73.8 Å². The zero-order valence-corrected chi connectivity index (χ0v) is 16.1. The number of amides is 2. The van der Waals surface area contributed by atoms with Crippen LogP contribution in [0.3, 0.4) is 0 Å². The number of piperidine rings is 1. The lowest BCUT2D eigenvalue weighted by atomic mass is 10.1. The molecule has 0 aromatic carbocycles. The van der Waals surface area contributed by atoms with Crippen LogP contribution in [0.5, 0.6) is 0 Å². The standard InChI is InChI=1S/C19H30N6O2/c1-23-10-5-15(6-11-23)21-19(26)25-12-13-27-17(14-25)16-4-7-20-18(22-16)24-8-2-3-9-24/h4,7,15,17H,2-3,5-6,8-14H2,1H3,(H,21,26). The Balaban J connectivity index is 1.36. The van der Waals surface area contributed by atoms with Gasteiger partial charge in [0, 0.05) is 31.9 Å². The number of carbonyl (C=O) groups excluding carboxylic acids is 1. The van der Waals surface area contributed by atoms with E-state index >= 15 is 0 Å². The van der Waals surface area contributed by atoms with Crippen molar-refractivity contribution in [3.8, 4) is 0 Å². The van der Waals surface area contributed by atoms with Crippen LogP contribution in [0, 0.1) is 0 Å². The van der Waals surface area contributed by atoms with Crippen molar-refractivity contribution in [1.29, 1.82) is 0 Å². The second-order valence-corrected chi connectivity index (χ2v) is 7.81. The van der Waals surface area contributed by atoms with Crippen LogP contribution < -0.4 is 10.2 Å². The highest BCUT2D eigenvalue weighted by molar-refractivity contribution is 5.74. The van der Waals surface area contributed by atoms with Crippen molar-refractivity contribution < 1.29 is 9.53 Å². The van der Waals surface area contributed by atoms with Gasteiger partial charge in [0.2, 0.25) is 5.95 Å². The number of morpholine rings is 1. The third kappa shape index (κ3) is 4.50. The average Bonchev–Trinajstić information content (AvgIpc) is 3.25. The summed E-state index contributed by atoms with van der Waals surface area (Å²) >= 11 is 0. The van der Waals surface area contributed by atoms with Crippen molar-refractivity contribution in [3.63, 3.8) is 0 Å². The molecule has 1 unspecified atom stereocenters. The molecule has 3 aliphatic heterocycles. The van der Waals surface area contributed by atoms with Crippen LogP contribution in [0.25, 0.3) is 0 Å². The summed E-state index contributed by atoms with van der Waals surface area (Å²) in [4.78, 5) is 28.2. The summed E-state index contributed by atoms with van der Waals surface area (Å²) in [5.74, 6) is 0.779. The van der Waals surface area contributed by atoms with Crippen molar-refractivity contribution in [3.05, 3.63) is 18.0 Å². The van der Waals surface area contributed by atoms with E-state index in [4.69, 9.17) is 9.72 Å². The Kier molecular flexibility index (Phi) is 5.73. The Morgan fingerprint density at radius 2 is 1.96 bits per heavy atom. The molecule has 0 aliphatic carbocycles. The molecule has 8 nitrogen and oxygen atoms in total. The first kappa shape index (κ1) is 18.4. The van der Waals surface area contributed by atoms with Crippen LogP contribution in [0.15, 0.2) is 12.3 Å². The molecule has 1 N–H and O–H groups in total. The maximum Gasteiger partial charge on any atom is 0.317 e. The molecule has 0 radical (unpaired) electrons. The Morgan fingerprint density at radius 1 is 1.19 bits per heavy atom. The zero-order valence-electron chi connectivity index (χ0n) is 16.1. The number of anilines is 1. The van der Waals surface area contributed by atoms with Gasteiger partial charge in [-0.3, -0.25) is 0 Å². The monoisotopic (exact) mass is 374 g/mol. The molecule has 4 heterocycles. The molecular weight excluding hydrogens is 344 g/mol. The van der Waals surface area contributed by atoms with Gasteiger partial charge in [-0.05, 0) is 51.9 Å². The molecule has 3 fully saturated rings. The smallest absolute Gasteiger partial charge is 0.317 e. The van der Waals surface area contributed by atoms with Gasteiger partial charge < -0.3 is 24.8 Å². The highest BCUT2D eigenvalue weighted by Crippen LogP contribution is 2.23. The number of ether oxygens (including phenoxy) is 1. The summed E-state index contributed by atoms with van der Waals surface area (Å²) in [6.45, 7) is 5.80. The number of nitrogens with zero attached hydrogens (tertiary/aromatic N) is 5. The minimum atomic E-state index is -0.189. The molecule has 0 spiro atoms. The van der Waals surface area contributed by atoms with Crippen LogP contribution in [0.1, 0.15) is 37.5 Å². The number of carbonyl (C=O) groups is 1. The van der Waals surface area contributed by atoms with E-state index in [1.807, 2.05) is 11.0 Å². The van der Waals surface area contributed by atoms with Crippen molar-refractivity contribution in [2.75, 3.05) is 57.8 Å². The molecule has 0 saturated carbocycles. The minimum absolute atomic E-state index is 0.0201. The van der Waals surface area contributed by atoms with Gasteiger partial charge in [-0.1, -0.05) is 0 Å². The Bertz CT molecular complexity index is 643. The number of urea groups is 1. The summed E-state index contributed by atoms with van der Waals surface area (Å²) in [5, 5.41) is 3.20. The van der Waals surface area contributed by atoms with Crippen molar-refractivity contribution in [2.24, 2.45) is 0 Å². The van der Waals surface area contributed by atoms with E-state index in [0.29, 0.717) is 19.7 Å². The summed E-state index contributed by atoms with van der Waals surface area (Å²) in [6, 6.07) is 2.20. The van der Waals surface area contributed by atoms with Crippen molar-refractivity contribution >= 4 is 12.0 Å². The minimum Gasteiger partial charge on any atom is -0.368 e. The predicted octanol–water partition coefficient (Wildman–Crippen LogP) is 1.25. The summed E-state index contributed by atoms with van der Waals surface area (Å²) < 4.78 is 5.93. The van der Waals surface area contributed by atoms with E-state index in [0.717, 1.165) is 50.7 Å². The van der Waals surface area contributed by atoms with E-state index in [-0.39, 0.29) is 18.2 Å². The third-order valence-corrected chi connectivity index (χ3v) is 5.78. The van der Waals surface area contributed by atoms with Gasteiger partial charge in [-0.25, -0.2) is 14.8 Å². The second kappa shape index (κ2) is 8.39. The van der Waals surface area contributed by atoms with Gasteiger partial charge in [0.25, 0.3) is 0 Å². The normalized spacial score (nSPS) is 25.0. The zero-order chi connectivity index (χ0) is 18.6. The van der Waals surface area contributed by atoms with Gasteiger partial charge in [0.05, 0.1) is 18.8 Å². The third-order valence-electron chi connectivity index (χ3n) is 5.78. The summed E-state index contributed by atoms with van der Waals surface area (Å²) in [6.07, 6.45) is 6.03. The molecule has 4 rings (SSSR count). The molecular formula is C19H30N6O2. The Morgan fingerprint density at radius 3 is 2.74 bits per heavy atom. The van der Waals surface area contributed by atoms with Gasteiger partial charge in [0.15, 0.2) is 0 Å². The molecule has 3 saturated heterocycles. The van der Waals surface area contributed by atoms with E-state index in [1.54, 1.807) is 6.20 Å². The average molecular weight is 374 g/mol. The number of aromatic nitrogens is 2. The molecule has 2 amide bonds. The van der Waals surface area contributed by atoms with Gasteiger partial charge in [0.1, 0.15) is 6.10 Å². The molecule has 1 atom stereocenters. The quantitative estimate of drug-likeness (QED) is 0.859. The fraction of sp³-hybridized carbons (Fsp3) is 0.737. The molecule has 8 heteroatoms. The first-order chi connectivity index (χ1) is 13.2. The second-order valence-electron chi connectivity index (χ2n) is 7.81. The molecule has 0 bridgehead atoms. The van der Waals surface area contributed by atoms with Gasteiger partial charge in [-0.15, -0.1) is 0 Å². The molecule has 1 aromatic heterocycles. The van der Waals surface area contributed by atoms with Crippen LogP contribution in [0.2, 0.25) is 0 Å². The molecule has 3 aliphatic rings. The lowest BCUT2D eigenvalue weighted by Gasteiger charge is -2.35. The van der Waals surface area contributed by atoms with Crippen LogP contribution in [-0.2, 0) is 4.74 Å². The molecule has 148 valence electrons. The highest BCUT2D eigenvalue weighted by atomic mass is 16.5. The fourth-order valence-electron chi connectivity index (χ4n) is 4.04. The Hall–Kier alpha value is -1.93. The van der Waals surface area contributed by atoms with Gasteiger partial charge >= 0.3 is 6.03 Å². The maximum absolute atomic E-state index is 12.7. The van der Waals surface area contributed by atoms with Crippen LogP contribution in [-0.4, -0.2) is 84.8 Å². The lowest BCUT2D eigenvalue weighted by molar-refractivity contribution is -0.0182. The number of likely N-dealkylation sites (tertiary alicyclic amines) is 1. The number of hydrogen-bond donors (Lipinski definition) is 1. The summed E-state index contributed by atoms with van der Waals surface area (Å²) in [5.41, 5.74) is 0.865. The summed E-state index contributed by atoms with van der Waals surface area (Å²) in [7, 11) is 2.13. The first-order valence-electron chi connectivity index (χ1n) is 10.1. The van der Waals surface area contributed by atoms with Crippen molar-refractivity contribution in [2.45, 2.75) is 37.8 Å². The van der Waals surface area contributed by atoms with Gasteiger partial charge in [-0.2, -0.15) is 0 Å². The van der Waals surface area contributed by atoms with Crippen molar-refractivity contribution in [1.82, 2.24) is 25.1 Å². The largest absolute Gasteiger partial charge is 0.368 e. The fourth-order valence-corrected chi connectivity index (χ4v) is 4.04. The SMILES string of the molecule is CN1CCC(NC(=O)N2CCOC(c3ccnc(N4CCCC4)n3)C2)CC1. The van der Waals surface area contributed by atoms with E-state index < -0.39 is 0 Å². The predicted molar refractivity (Wildman–Crippen MR) is 103 cm³/mol.